The van der Waals surface area contributed by atoms with Crippen LogP contribution >= 0.6 is 11.6 Å². The highest BCUT2D eigenvalue weighted by atomic mass is 35.5. The van der Waals surface area contributed by atoms with Crippen molar-refractivity contribution in [2.45, 2.75) is 62.7 Å². The molecule has 0 N–H and O–H groups in total. The summed E-state index contributed by atoms with van der Waals surface area (Å²) in [6.45, 7) is 6.02. The number of nitrogens with zero attached hydrogens (tertiary/aromatic N) is 4. The lowest BCUT2D eigenvalue weighted by Gasteiger charge is -2.23. The van der Waals surface area contributed by atoms with Gasteiger partial charge in [0.1, 0.15) is 5.02 Å². The van der Waals surface area contributed by atoms with Crippen molar-refractivity contribution in [3.63, 3.8) is 0 Å². The number of halogens is 1. The average Bonchev–Trinajstić information content (AvgIpc) is 3.17. The Labute approximate surface area is 179 Å². The standard InChI is InChI=1S/C19H23ClN4O5S/c1-19(2,3)18-23-22-17(29-18)13-6-4-12(5-7-13)11-21-30(27,28)14-8-9-15(20)16(10-14)24(25)26/h8-13H,4-7H2,1-3H3/b21-11+. The molecule has 1 heterocycles. The number of rotatable bonds is 5. The van der Waals surface area contributed by atoms with Crippen LogP contribution in [0.5, 0.6) is 0 Å². The van der Waals surface area contributed by atoms with E-state index in [1.165, 1.54) is 18.3 Å². The summed E-state index contributed by atoms with van der Waals surface area (Å²) < 4.78 is 34.5. The van der Waals surface area contributed by atoms with Gasteiger partial charge in [-0.15, -0.1) is 10.2 Å². The van der Waals surface area contributed by atoms with Gasteiger partial charge in [0.2, 0.25) is 11.8 Å². The number of benzene rings is 1. The molecular weight excluding hydrogens is 432 g/mol. The fourth-order valence-electron chi connectivity index (χ4n) is 3.24. The first-order valence-corrected chi connectivity index (χ1v) is 11.4. The Kier molecular flexibility index (Phi) is 6.28. The zero-order chi connectivity index (χ0) is 22.1. The zero-order valence-electron chi connectivity index (χ0n) is 16.9. The van der Waals surface area contributed by atoms with E-state index in [1.54, 1.807) is 0 Å². The minimum Gasteiger partial charge on any atom is -0.424 e. The summed E-state index contributed by atoms with van der Waals surface area (Å²) in [6.07, 6.45) is 4.46. The first-order chi connectivity index (χ1) is 14.0. The Bertz CT molecular complexity index is 1070. The first kappa shape index (κ1) is 22.4. The molecule has 0 amide bonds. The molecule has 2 aromatic rings. The predicted molar refractivity (Wildman–Crippen MR) is 111 cm³/mol. The van der Waals surface area contributed by atoms with Gasteiger partial charge in [0, 0.05) is 23.6 Å². The summed E-state index contributed by atoms with van der Waals surface area (Å²) in [4.78, 5) is 9.99. The summed E-state index contributed by atoms with van der Waals surface area (Å²) in [5.41, 5.74) is -0.678. The zero-order valence-corrected chi connectivity index (χ0v) is 18.5. The lowest BCUT2D eigenvalue weighted by molar-refractivity contribution is -0.384. The second-order valence-electron chi connectivity index (χ2n) is 8.41. The molecule has 0 unspecified atom stereocenters. The predicted octanol–water partition coefficient (Wildman–Crippen LogP) is 4.66. The number of nitro benzene ring substituents is 1. The first-order valence-electron chi connectivity index (χ1n) is 9.55. The van der Waals surface area contributed by atoms with Crippen molar-refractivity contribution in [3.05, 3.63) is 45.1 Å². The molecule has 0 saturated heterocycles. The van der Waals surface area contributed by atoms with E-state index in [9.17, 15) is 18.5 Å². The molecule has 3 rings (SSSR count). The summed E-state index contributed by atoms with van der Waals surface area (Å²) in [5, 5.41) is 19.2. The molecule has 1 aliphatic rings. The molecule has 0 bridgehead atoms. The van der Waals surface area contributed by atoms with Gasteiger partial charge in [0.15, 0.2) is 0 Å². The van der Waals surface area contributed by atoms with Gasteiger partial charge in [-0.25, -0.2) is 0 Å². The monoisotopic (exact) mass is 454 g/mol. The van der Waals surface area contributed by atoms with Gasteiger partial charge in [-0.05, 0) is 43.7 Å². The van der Waals surface area contributed by atoms with Gasteiger partial charge < -0.3 is 4.42 Å². The number of sulfonamides is 1. The van der Waals surface area contributed by atoms with E-state index in [1.807, 2.05) is 20.8 Å². The Balaban J connectivity index is 1.65. The normalized spacial score (nSPS) is 20.5. The van der Waals surface area contributed by atoms with Crippen molar-refractivity contribution in [2.24, 2.45) is 10.3 Å². The molecule has 0 radical (unpaired) electrons. The van der Waals surface area contributed by atoms with Crippen LogP contribution in [0.1, 0.15) is 64.2 Å². The largest absolute Gasteiger partial charge is 0.424 e. The molecular formula is C19H23ClN4O5S. The van der Waals surface area contributed by atoms with E-state index in [4.69, 9.17) is 16.0 Å². The van der Waals surface area contributed by atoms with Crippen LogP contribution in [-0.2, 0) is 15.4 Å². The van der Waals surface area contributed by atoms with Crippen molar-refractivity contribution in [3.8, 4) is 0 Å². The van der Waals surface area contributed by atoms with Crippen molar-refractivity contribution in [1.29, 1.82) is 0 Å². The van der Waals surface area contributed by atoms with Gasteiger partial charge in [-0.2, -0.15) is 12.8 Å². The minimum atomic E-state index is -4.05. The van der Waals surface area contributed by atoms with Crippen LogP contribution < -0.4 is 0 Å². The van der Waals surface area contributed by atoms with Crippen LogP contribution in [0.4, 0.5) is 5.69 Å². The summed E-state index contributed by atoms with van der Waals surface area (Å²) in [5.74, 6) is 1.36. The molecule has 9 nitrogen and oxygen atoms in total. The topological polar surface area (TPSA) is 129 Å². The molecule has 1 aromatic carbocycles. The molecule has 0 spiro atoms. The quantitative estimate of drug-likeness (QED) is 0.364. The lowest BCUT2D eigenvalue weighted by atomic mass is 9.82. The van der Waals surface area contributed by atoms with Crippen LogP contribution in [-0.4, -0.2) is 29.8 Å². The Hall–Kier alpha value is -2.33. The SMILES string of the molecule is CC(C)(C)c1nnc(C2CCC(/C=N/S(=O)(=O)c3ccc(Cl)c([N+](=O)[O-])c3)CC2)o1. The third kappa shape index (κ3) is 5.04. The molecule has 0 atom stereocenters. The van der Waals surface area contributed by atoms with E-state index in [2.05, 4.69) is 14.6 Å². The highest BCUT2D eigenvalue weighted by molar-refractivity contribution is 7.90. The maximum atomic E-state index is 12.4. The fraction of sp³-hybridized carbons (Fsp3) is 0.526. The van der Waals surface area contributed by atoms with Gasteiger partial charge in [-0.1, -0.05) is 32.4 Å². The van der Waals surface area contributed by atoms with Gasteiger partial charge in [-0.3, -0.25) is 10.1 Å². The van der Waals surface area contributed by atoms with Crippen molar-refractivity contribution in [2.75, 3.05) is 0 Å². The molecule has 11 heteroatoms. The van der Waals surface area contributed by atoms with Crippen molar-refractivity contribution >= 4 is 33.5 Å². The van der Waals surface area contributed by atoms with E-state index in [-0.39, 0.29) is 27.2 Å². The van der Waals surface area contributed by atoms with Crippen LogP contribution in [0, 0.1) is 16.0 Å². The Morgan fingerprint density at radius 2 is 1.90 bits per heavy atom. The maximum absolute atomic E-state index is 12.4. The lowest BCUT2D eigenvalue weighted by Crippen LogP contribution is -2.15. The average molecular weight is 455 g/mol. The molecule has 1 saturated carbocycles. The molecule has 1 fully saturated rings. The third-order valence-corrected chi connectivity index (χ3v) is 6.59. The van der Waals surface area contributed by atoms with E-state index < -0.39 is 20.6 Å². The van der Waals surface area contributed by atoms with Crippen molar-refractivity contribution < 1.29 is 17.8 Å². The van der Waals surface area contributed by atoms with Gasteiger partial charge >= 0.3 is 0 Å². The van der Waals surface area contributed by atoms with Gasteiger partial charge in [0.25, 0.3) is 15.7 Å². The van der Waals surface area contributed by atoms with Crippen LogP contribution in [0.2, 0.25) is 5.02 Å². The highest BCUT2D eigenvalue weighted by Gasteiger charge is 2.29. The van der Waals surface area contributed by atoms with Crippen LogP contribution in [0.3, 0.4) is 0 Å². The van der Waals surface area contributed by atoms with Crippen molar-refractivity contribution in [1.82, 2.24) is 10.2 Å². The number of nitro groups is 1. The second kappa shape index (κ2) is 8.43. The highest BCUT2D eigenvalue weighted by Crippen LogP contribution is 2.36. The van der Waals surface area contributed by atoms with Gasteiger partial charge in [0.05, 0.1) is 9.82 Å². The molecule has 162 valence electrons. The number of hydrogen-bond donors (Lipinski definition) is 0. The smallest absolute Gasteiger partial charge is 0.289 e. The minimum absolute atomic E-state index is 0.0108. The maximum Gasteiger partial charge on any atom is 0.289 e. The molecule has 1 aliphatic carbocycles. The van der Waals surface area contributed by atoms with Crippen LogP contribution in [0.15, 0.2) is 31.9 Å². The van der Waals surface area contributed by atoms with E-state index in [0.717, 1.165) is 31.7 Å². The molecule has 1 aromatic heterocycles. The van der Waals surface area contributed by atoms with E-state index >= 15 is 0 Å². The second-order valence-corrected chi connectivity index (χ2v) is 10.4. The fourth-order valence-corrected chi connectivity index (χ4v) is 4.38. The third-order valence-electron chi connectivity index (χ3n) is 5.03. The summed E-state index contributed by atoms with van der Waals surface area (Å²) in [6, 6.07) is 3.32. The number of aromatic nitrogens is 2. The summed E-state index contributed by atoms with van der Waals surface area (Å²) >= 11 is 5.74. The molecule has 30 heavy (non-hydrogen) atoms. The van der Waals surface area contributed by atoms with Crippen LogP contribution in [0.25, 0.3) is 0 Å². The summed E-state index contributed by atoms with van der Waals surface area (Å²) in [7, 11) is -4.05. The number of hydrogen-bond acceptors (Lipinski definition) is 7. The molecule has 0 aliphatic heterocycles. The Morgan fingerprint density at radius 3 is 2.47 bits per heavy atom. The Morgan fingerprint density at radius 1 is 1.23 bits per heavy atom. The van der Waals surface area contributed by atoms with E-state index in [0.29, 0.717) is 11.8 Å².